The van der Waals surface area contributed by atoms with Crippen molar-refractivity contribution in [2.75, 3.05) is 7.11 Å². The summed E-state index contributed by atoms with van der Waals surface area (Å²) in [4.78, 5) is 36.8. The van der Waals surface area contributed by atoms with Crippen LogP contribution in [0.2, 0.25) is 0 Å². The van der Waals surface area contributed by atoms with E-state index >= 15 is 0 Å². The average Bonchev–Trinajstić information content (AvgIpc) is 2.92. The third kappa shape index (κ3) is 2.15. The van der Waals surface area contributed by atoms with Crippen LogP contribution in [0.3, 0.4) is 0 Å². The lowest BCUT2D eigenvalue weighted by molar-refractivity contribution is -0.159. The van der Waals surface area contributed by atoms with Gasteiger partial charge in [-0.2, -0.15) is 0 Å². The fourth-order valence-corrected chi connectivity index (χ4v) is 3.16. The number of hydrogen-bond acceptors (Lipinski definition) is 4. The predicted octanol–water partition coefficient (Wildman–Crippen LogP) is 2.42. The lowest BCUT2D eigenvalue weighted by Crippen LogP contribution is -2.45. The van der Waals surface area contributed by atoms with Crippen LogP contribution in [-0.2, 0) is 14.3 Å². The summed E-state index contributed by atoms with van der Waals surface area (Å²) in [5, 5.41) is 0. The Morgan fingerprint density at radius 1 is 1.20 bits per heavy atom. The smallest absolute Gasteiger partial charge is 0.320 e. The number of methoxy groups -OCH3 is 1. The molecule has 0 saturated heterocycles. The first kappa shape index (κ1) is 14.4. The van der Waals surface area contributed by atoms with Crippen LogP contribution < -0.4 is 0 Å². The van der Waals surface area contributed by atoms with Crippen molar-refractivity contribution in [3.8, 4) is 0 Å². The van der Waals surface area contributed by atoms with E-state index in [1.807, 2.05) is 6.07 Å². The van der Waals surface area contributed by atoms with E-state index in [4.69, 9.17) is 4.74 Å². The molecule has 2 atom stereocenters. The number of ketones is 2. The molecule has 1 fully saturated rings. The van der Waals surface area contributed by atoms with Gasteiger partial charge in [0.25, 0.3) is 0 Å². The largest absolute Gasteiger partial charge is 0.468 e. The number of carbonyl (C=O) groups is 3. The molecule has 1 aromatic carbocycles. The van der Waals surface area contributed by atoms with Gasteiger partial charge in [0.05, 0.1) is 7.11 Å². The van der Waals surface area contributed by atoms with Crippen molar-refractivity contribution in [2.24, 2.45) is 11.3 Å². The molecule has 4 nitrogen and oxygen atoms in total. The van der Waals surface area contributed by atoms with Gasteiger partial charge in [0.15, 0.2) is 5.78 Å². The molecular formula is C16H18O4. The summed E-state index contributed by atoms with van der Waals surface area (Å²) >= 11 is 0. The third-order valence-corrected chi connectivity index (χ3v) is 4.21. The molecule has 1 saturated carbocycles. The van der Waals surface area contributed by atoms with E-state index in [0.717, 1.165) is 0 Å². The molecule has 0 unspecified atom stereocenters. The van der Waals surface area contributed by atoms with Crippen LogP contribution in [0.4, 0.5) is 0 Å². The first-order chi connectivity index (χ1) is 9.54. The third-order valence-electron chi connectivity index (χ3n) is 4.21. The first-order valence-corrected chi connectivity index (χ1v) is 6.72. The van der Waals surface area contributed by atoms with Crippen molar-refractivity contribution in [1.82, 2.24) is 0 Å². The minimum atomic E-state index is -1.30. The van der Waals surface area contributed by atoms with E-state index in [2.05, 4.69) is 0 Å². The lowest BCUT2D eigenvalue weighted by atomic mass is 9.71. The zero-order valence-corrected chi connectivity index (χ0v) is 11.7. The molecule has 0 heterocycles. The van der Waals surface area contributed by atoms with E-state index in [9.17, 15) is 14.4 Å². The van der Waals surface area contributed by atoms with Crippen LogP contribution in [0, 0.1) is 11.3 Å². The number of ether oxygens (including phenoxy) is 1. The maximum Gasteiger partial charge on any atom is 0.320 e. The summed E-state index contributed by atoms with van der Waals surface area (Å²) in [5.41, 5.74) is -0.768. The number of carbonyl (C=O) groups excluding carboxylic acids is 3. The Labute approximate surface area is 118 Å². The van der Waals surface area contributed by atoms with E-state index in [1.165, 1.54) is 14.0 Å². The van der Waals surface area contributed by atoms with Gasteiger partial charge < -0.3 is 4.74 Å². The molecule has 0 N–H and O–H groups in total. The Hall–Kier alpha value is -1.97. The van der Waals surface area contributed by atoms with Crippen LogP contribution in [0.25, 0.3) is 0 Å². The van der Waals surface area contributed by atoms with Gasteiger partial charge in [-0.3, -0.25) is 14.4 Å². The average molecular weight is 274 g/mol. The molecule has 20 heavy (non-hydrogen) atoms. The van der Waals surface area contributed by atoms with Crippen molar-refractivity contribution < 1.29 is 19.1 Å². The topological polar surface area (TPSA) is 60.4 Å². The standard InChI is InChI=1S/C16H18O4/c1-11(17)16(15(19)20-2)10-6-9-13(16)14(18)12-7-4-3-5-8-12/h3-5,7-8,13H,6,9-10H2,1-2H3/t13-,16+/m0/s1. The van der Waals surface area contributed by atoms with Crippen LogP contribution >= 0.6 is 0 Å². The second kappa shape index (κ2) is 5.57. The summed E-state index contributed by atoms with van der Waals surface area (Å²) in [6.07, 6.45) is 1.61. The molecule has 0 aromatic heterocycles. The molecule has 106 valence electrons. The minimum absolute atomic E-state index is 0.149. The Kier molecular flexibility index (Phi) is 4.02. The van der Waals surface area contributed by atoms with Gasteiger partial charge in [0.1, 0.15) is 11.2 Å². The molecule has 0 amide bonds. The number of benzene rings is 1. The van der Waals surface area contributed by atoms with Crippen LogP contribution in [-0.4, -0.2) is 24.6 Å². The minimum Gasteiger partial charge on any atom is -0.468 e. The zero-order chi connectivity index (χ0) is 14.8. The maximum atomic E-state index is 12.6. The summed E-state index contributed by atoms with van der Waals surface area (Å²) in [5.74, 6) is -1.63. The molecule has 2 rings (SSSR count). The van der Waals surface area contributed by atoms with Crippen molar-refractivity contribution in [3.05, 3.63) is 35.9 Å². The van der Waals surface area contributed by atoms with Crippen molar-refractivity contribution >= 4 is 17.5 Å². The van der Waals surface area contributed by atoms with Crippen LogP contribution in [0.1, 0.15) is 36.5 Å². The summed E-state index contributed by atoms with van der Waals surface area (Å²) in [6.45, 7) is 1.37. The lowest BCUT2D eigenvalue weighted by Gasteiger charge is -2.29. The van der Waals surface area contributed by atoms with Crippen LogP contribution in [0.15, 0.2) is 30.3 Å². The quantitative estimate of drug-likeness (QED) is 0.480. The highest BCUT2D eigenvalue weighted by molar-refractivity contribution is 6.11. The SMILES string of the molecule is COC(=O)[C@@]1(C(C)=O)CCC[C@H]1C(=O)c1ccccc1. The molecule has 4 heteroatoms. The summed E-state index contributed by atoms with van der Waals surface area (Å²) in [6, 6.07) is 8.79. The molecule has 0 aliphatic heterocycles. The molecule has 0 radical (unpaired) electrons. The predicted molar refractivity (Wildman–Crippen MR) is 73.2 cm³/mol. The number of hydrogen-bond donors (Lipinski definition) is 0. The van der Waals surface area contributed by atoms with Crippen LogP contribution in [0.5, 0.6) is 0 Å². The fraction of sp³-hybridized carbons (Fsp3) is 0.438. The summed E-state index contributed by atoms with van der Waals surface area (Å²) in [7, 11) is 1.26. The van der Waals surface area contributed by atoms with Gasteiger partial charge in [-0.15, -0.1) is 0 Å². The molecular weight excluding hydrogens is 256 g/mol. The van der Waals surface area contributed by atoms with E-state index in [1.54, 1.807) is 24.3 Å². The monoisotopic (exact) mass is 274 g/mol. The molecule has 1 aliphatic rings. The molecule has 0 spiro atoms. The molecule has 0 bridgehead atoms. The zero-order valence-electron chi connectivity index (χ0n) is 11.7. The first-order valence-electron chi connectivity index (χ1n) is 6.72. The van der Waals surface area contributed by atoms with Gasteiger partial charge in [-0.1, -0.05) is 36.8 Å². The Balaban J connectivity index is 2.41. The van der Waals surface area contributed by atoms with Gasteiger partial charge >= 0.3 is 5.97 Å². The van der Waals surface area contributed by atoms with Gasteiger partial charge in [0, 0.05) is 11.5 Å². The highest BCUT2D eigenvalue weighted by Gasteiger charge is 2.56. The highest BCUT2D eigenvalue weighted by Crippen LogP contribution is 2.46. The van der Waals surface area contributed by atoms with E-state index < -0.39 is 17.3 Å². The van der Waals surface area contributed by atoms with Crippen molar-refractivity contribution in [2.45, 2.75) is 26.2 Å². The van der Waals surface area contributed by atoms with Gasteiger partial charge in [-0.25, -0.2) is 0 Å². The van der Waals surface area contributed by atoms with Crippen molar-refractivity contribution in [1.29, 1.82) is 0 Å². The maximum absolute atomic E-state index is 12.6. The molecule has 1 aromatic rings. The number of esters is 1. The normalized spacial score (nSPS) is 25.2. The second-order valence-corrected chi connectivity index (χ2v) is 5.19. The highest BCUT2D eigenvalue weighted by atomic mass is 16.5. The number of Topliss-reactive ketones (excluding diaryl/α,β-unsaturated/α-hetero) is 2. The summed E-state index contributed by atoms with van der Waals surface area (Å²) < 4.78 is 4.80. The molecule has 1 aliphatic carbocycles. The van der Waals surface area contributed by atoms with E-state index in [-0.39, 0.29) is 11.6 Å². The second-order valence-electron chi connectivity index (χ2n) is 5.19. The Morgan fingerprint density at radius 3 is 2.40 bits per heavy atom. The Bertz CT molecular complexity index is 535. The Morgan fingerprint density at radius 2 is 1.85 bits per heavy atom. The van der Waals surface area contributed by atoms with Gasteiger partial charge in [-0.05, 0) is 19.8 Å². The number of rotatable bonds is 4. The van der Waals surface area contributed by atoms with Crippen molar-refractivity contribution in [3.63, 3.8) is 0 Å². The van der Waals surface area contributed by atoms with E-state index in [0.29, 0.717) is 24.8 Å². The van der Waals surface area contributed by atoms with Gasteiger partial charge in [0.2, 0.25) is 0 Å². The fourth-order valence-electron chi connectivity index (χ4n) is 3.16.